The van der Waals surface area contributed by atoms with Gasteiger partial charge in [0.05, 0.1) is 6.61 Å². The van der Waals surface area contributed by atoms with Gasteiger partial charge in [-0.05, 0) is 18.5 Å². The van der Waals surface area contributed by atoms with Crippen molar-refractivity contribution >= 4 is 5.97 Å². The predicted molar refractivity (Wildman–Crippen MR) is 42.4 cm³/mol. The Labute approximate surface area is 70.0 Å². The third kappa shape index (κ3) is 3.14. The molecule has 5 heteroatoms. The minimum absolute atomic E-state index is 0.213. The normalized spacial score (nSPS) is 11.8. The number of hydrogen-bond acceptors (Lipinski definition) is 5. The van der Waals surface area contributed by atoms with Crippen LogP contribution in [0.25, 0.3) is 0 Å². The van der Waals surface area contributed by atoms with Gasteiger partial charge in [0.1, 0.15) is 5.76 Å². The number of nitrogens with zero attached hydrogens (tertiary/aromatic N) is 1. The number of carbonyl (C=O) groups is 1. The highest BCUT2D eigenvalue weighted by Gasteiger charge is 2.14. The molecule has 0 rings (SSSR count). The Morgan fingerprint density at radius 3 is 2.50 bits per heavy atom. The van der Waals surface area contributed by atoms with Gasteiger partial charge < -0.3 is 9.84 Å². The molecule has 0 saturated heterocycles. The average Bonchev–Trinajstić information content (AvgIpc) is 2.01. The molecule has 0 aromatic carbocycles. The van der Waals surface area contributed by atoms with Crippen LogP contribution in [0, 0.1) is 4.91 Å². The third-order valence-electron chi connectivity index (χ3n) is 1.06. The summed E-state index contributed by atoms with van der Waals surface area (Å²) in [7, 11) is 0. The topological polar surface area (TPSA) is 76.0 Å². The van der Waals surface area contributed by atoms with Crippen molar-refractivity contribution in [2.45, 2.75) is 20.3 Å². The van der Waals surface area contributed by atoms with E-state index >= 15 is 0 Å². The summed E-state index contributed by atoms with van der Waals surface area (Å²) in [6.07, 6.45) is 0.655. The van der Waals surface area contributed by atoms with Crippen LogP contribution >= 0.6 is 0 Å². The highest BCUT2D eigenvalue weighted by Crippen LogP contribution is 2.04. The molecule has 0 spiro atoms. The summed E-state index contributed by atoms with van der Waals surface area (Å²) in [6.45, 7) is 3.23. The van der Waals surface area contributed by atoms with Crippen LogP contribution in [0.3, 0.4) is 0 Å². The number of ether oxygens (including phenoxy) is 1. The lowest BCUT2D eigenvalue weighted by Crippen LogP contribution is -2.08. The van der Waals surface area contributed by atoms with E-state index in [0.29, 0.717) is 6.42 Å². The third-order valence-corrected chi connectivity index (χ3v) is 1.06. The molecule has 0 fully saturated rings. The Balaban J connectivity index is 4.25. The van der Waals surface area contributed by atoms with Crippen molar-refractivity contribution in [1.29, 1.82) is 0 Å². The molecule has 0 radical (unpaired) electrons. The number of rotatable bonds is 4. The van der Waals surface area contributed by atoms with Crippen LogP contribution in [0.4, 0.5) is 0 Å². The summed E-state index contributed by atoms with van der Waals surface area (Å²) in [5.74, 6) is -1.31. The van der Waals surface area contributed by atoms with Crippen molar-refractivity contribution in [3.05, 3.63) is 16.4 Å². The van der Waals surface area contributed by atoms with E-state index < -0.39 is 17.4 Å². The summed E-state index contributed by atoms with van der Waals surface area (Å²) in [6, 6.07) is 0. The first-order valence-corrected chi connectivity index (χ1v) is 3.53. The fourth-order valence-electron chi connectivity index (χ4n) is 0.514. The van der Waals surface area contributed by atoms with E-state index in [1.54, 1.807) is 0 Å². The molecule has 0 aliphatic carbocycles. The van der Waals surface area contributed by atoms with Gasteiger partial charge in [-0.3, -0.25) is 0 Å². The fraction of sp³-hybridized carbons (Fsp3) is 0.571. The van der Waals surface area contributed by atoms with E-state index in [1.165, 1.54) is 6.92 Å². The van der Waals surface area contributed by atoms with Crippen LogP contribution in [0.15, 0.2) is 16.6 Å². The van der Waals surface area contributed by atoms with Crippen molar-refractivity contribution in [3.8, 4) is 0 Å². The van der Waals surface area contributed by atoms with E-state index in [9.17, 15) is 9.70 Å². The molecule has 0 aliphatic heterocycles. The van der Waals surface area contributed by atoms with E-state index in [4.69, 9.17) is 5.11 Å². The first-order chi connectivity index (χ1) is 5.63. The van der Waals surface area contributed by atoms with Crippen LogP contribution < -0.4 is 0 Å². The van der Waals surface area contributed by atoms with Gasteiger partial charge in [-0.15, -0.1) is 4.91 Å². The maximum Gasteiger partial charge on any atom is 0.364 e. The molecule has 0 unspecified atom stereocenters. The van der Waals surface area contributed by atoms with Gasteiger partial charge in [-0.25, -0.2) is 4.79 Å². The Morgan fingerprint density at radius 2 is 2.17 bits per heavy atom. The van der Waals surface area contributed by atoms with E-state index in [1.807, 2.05) is 6.92 Å². The highest BCUT2D eigenvalue weighted by atomic mass is 16.5. The van der Waals surface area contributed by atoms with Gasteiger partial charge >= 0.3 is 5.97 Å². The van der Waals surface area contributed by atoms with Crippen molar-refractivity contribution in [2.24, 2.45) is 5.18 Å². The minimum atomic E-state index is -0.883. The second kappa shape index (κ2) is 5.29. The molecule has 0 saturated carbocycles. The van der Waals surface area contributed by atoms with Crippen LogP contribution in [-0.2, 0) is 9.53 Å². The zero-order chi connectivity index (χ0) is 9.56. The molecule has 0 heterocycles. The Hall–Kier alpha value is -1.39. The molecule has 68 valence electrons. The zero-order valence-electron chi connectivity index (χ0n) is 7.03. The first-order valence-electron chi connectivity index (χ1n) is 3.53. The zero-order valence-corrected chi connectivity index (χ0v) is 7.03. The molecule has 0 aromatic rings. The van der Waals surface area contributed by atoms with Crippen LogP contribution in [0.2, 0.25) is 0 Å². The lowest BCUT2D eigenvalue weighted by molar-refractivity contribution is -0.139. The summed E-state index contributed by atoms with van der Waals surface area (Å²) >= 11 is 0. The average molecular weight is 173 g/mol. The molecule has 0 amide bonds. The Morgan fingerprint density at radius 1 is 1.58 bits per heavy atom. The maximum absolute atomic E-state index is 10.8. The molecule has 1 N–H and O–H groups in total. The SMILES string of the molecule is CCCOC(=O)/C(N=O)=C(/C)O. The Kier molecular flexibility index (Phi) is 4.67. The van der Waals surface area contributed by atoms with Crippen LogP contribution in [0.5, 0.6) is 0 Å². The first kappa shape index (κ1) is 10.6. The lowest BCUT2D eigenvalue weighted by atomic mass is 10.4. The van der Waals surface area contributed by atoms with Gasteiger partial charge in [0.25, 0.3) is 0 Å². The number of carbonyl (C=O) groups excluding carboxylic acids is 1. The van der Waals surface area contributed by atoms with Gasteiger partial charge in [-0.1, -0.05) is 6.92 Å². The number of allylic oxidation sites excluding steroid dienone is 1. The van der Waals surface area contributed by atoms with Gasteiger partial charge in [-0.2, -0.15) is 0 Å². The summed E-state index contributed by atoms with van der Waals surface area (Å²) in [5.41, 5.74) is -0.566. The number of aliphatic hydroxyl groups is 1. The second-order valence-electron chi connectivity index (χ2n) is 2.16. The van der Waals surface area contributed by atoms with Crippen molar-refractivity contribution in [3.63, 3.8) is 0 Å². The number of hydrogen-bond donors (Lipinski definition) is 1. The molecule has 0 aromatic heterocycles. The monoisotopic (exact) mass is 173 g/mol. The van der Waals surface area contributed by atoms with Gasteiger partial charge in [0.2, 0.25) is 5.70 Å². The van der Waals surface area contributed by atoms with E-state index in [-0.39, 0.29) is 6.61 Å². The summed E-state index contributed by atoms with van der Waals surface area (Å²) in [4.78, 5) is 20.8. The molecular formula is C7H11NO4. The Bertz CT molecular complexity index is 205. The van der Waals surface area contributed by atoms with Crippen LogP contribution in [0.1, 0.15) is 20.3 Å². The number of aliphatic hydroxyl groups excluding tert-OH is 1. The molecule has 5 nitrogen and oxygen atoms in total. The number of esters is 1. The molecule has 0 aliphatic rings. The van der Waals surface area contributed by atoms with Crippen LogP contribution in [-0.4, -0.2) is 17.7 Å². The maximum atomic E-state index is 10.8. The van der Waals surface area contributed by atoms with Crippen molar-refractivity contribution in [2.75, 3.05) is 6.61 Å². The fourth-order valence-corrected chi connectivity index (χ4v) is 0.514. The van der Waals surface area contributed by atoms with Crippen molar-refractivity contribution in [1.82, 2.24) is 0 Å². The minimum Gasteiger partial charge on any atom is -0.510 e. The predicted octanol–water partition coefficient (Wildman–Crippen LogP) is 1.50. The molecule has 12 heavy (non-hydrogen) atoms. The van der Waals surface area contributed by atoms with Gasteiger partial charge in [0.15, 0.2) is 0 Å². The van der Waals surface area contributed by atoms with E-state index in [0.717, 1.165) is 0 Å². The van der Waals surface area contributed by atoms with E-state index in [2.05, 4.69) is 9.91 Å². The second-order valence-corrected chi connectivity index (χ2v) is 2.16. The smallest absolute Gasteiger partial charge is 0.364 e. The summed E-state index contributed by atoms with van der Waals surface area (Å²) < 4.78 is 4.55. The summed E-state index contributed by atoms with van der Waals surface area (Å²) in [5, 5.41) is 11.1. The number of nitroso groups, excluding NO2 is 1. The quantitative estimate of drug-likeness (QED) is 0.302. The molecule has 0 bridgehead atoms. The van der Waals surface area contributed by atoms with Crippen molar-refractivity contribution < 1.29 is 14.6 Å². The van der Waals surface area contributed by atoms with Gasteiger partial charge in [0, 0.05) is 0 Å². The molecular weight excluding hydrogens is 162 g/mol. The highest BCUT2D eigenvalue weighted by molar-refractivity contribution is 5.88. The largest absolute Gasteiger partial charge is 0.510 e. The lowest BCUT2D eigenvalue weighted by Gasteiger charge is -2.00. The standard InChI is InChI=1S/C7H11NO4/c1-3-4-12-7(10)6(8-11)5(2)9/h9H,3-4H2,1-2H3/b6-5+. The molecule has 0 atom stereocenters.